The lowest BCUT2D eigenvalue weighted by Crippen LogP contribution is -2.56. The maximum absolute atomic E-state index is 5.78. The van der Waals surface area contributed by atoms with Crippen LogP contribution in [0.2, 0.25) is 0 Å². The predicted molar refractivity (Wildman–Crippen MR) is 120 cm³/mol. The minimum atomic E-state index is -0.349. The third-order valence-corrected chi connectivity index (χ3v) is 6.19. The topological polar surface area (TPSA) is 82.2 Å². The zero-order chi connectivity index (χ0) is 22.3. The van der Waals surface area contributed by atoms with Crippen LogP contribution in [0.4, 0.5) is 0 Å². The van der Waals surface area contributed by atoms with E-state index >= 15 is 0 Å². The van der Waals surface area contributed by atoms with Crippen molar-refractivity contribution < 1.29 is 23.7 Å². The molecule has 3 aliphatic rings. The van der Waals surface area contributed by atoms with E-state index in [1.54, 1.807) is 14.2 Å². The van der Waals surface area contributed by atoms with E-state index in [0.717, 1.165) is 78.4 Å². The molecule has 0 aromatic rings. The molecular formula is C22H47N3O5. The maximum Gasteiger partial charge on any atom is 0.180 e. The maximum atomic E-state index is 5.78. The smallest absolute Gasteiger partial charge is 0.180 e. The van der Waals surface area contributed by atoms with Crippen molar-refractivity contribution in [2.24, 2.45) is 0 Å². The first-order valence-corrected chi connectivity index (χ1v) is 11.6. The summed E-state index contributed by atoms with van der Waals surface area (Å²) in [5, 5.41) is 9.83. The molecule has 0 aliphatic carbocycles. The van der Waals surface area contributed by atoms with E-state index in [2.05, 4.69) is 43.6 Å². The molecule has 8 nitrogen and oxygen atoms in total. The SMILES string of the molecule is CCC1(C(C)OC)CNCCO1.CCC1(OC)CNCCO1.CCC1CNCCO1. The zero-order valence-corrected chi connectivity index (χ0v) is 20.2. The molecule has 3 rings (SSSR count). The van der Waals surface area contributed by atoms with Gasteiger partial charge in [-0.3, -0.25) is 0 Å². The number of rotatable bonds is 6. The molecule has 3 saturated heterocycles. The molecule has 180 valence electrons. The van der Waals surface area contributed by atoms with E-state index in [1.165, 1.54) is 0 Å². The second kappa shape index (κ2) is 15.5. The lowest BCUT2D eigenvalue weighted by atomic mass is 9.93. The van der Waals surface area contributed by atoms with Gasteiger partial charge in [-0.2, -0.15) is 0 Å². The molecule has 0 radical (unpaired) electrons. The van der Waals surface area contributed by atoms with Gasteiger partial charge in [-0.05, 0) is 26.2 Å². The second-order valence-electron chi connectivity index (χ2n) is 7.92. The number of methoxy groups -OCH3 is 2. The van der Waals surface area contributed by atoms with E-state index in [4.69, 9.17) is 23.7 Å². The van der Waals surface area contributed by atoms with E-state index < -0.39 is 0 Å². The molecule has 0 aromatic heterocycles. The molecule has 3 heterocycles. The molecule has 3 aliphatic heterocycles. The van der Waals surface area contributed by atoms with E-state index in [-0.39, 0.29) is 17.5 Å². The highest BCUT2D eigenvalue weighted by atomic mass is 16.7. The average molecular weight is 434 g/mol. The van der Waals surface area contributed by atoms with Crippen LogP contribution in [0.25, 0.3) is 0 Å². The van der Waals surface area contributed by atoms with Crippen LogP contribution in [0, 0.1) is 0 Å². The van der Waals surface area contributed by atoms with Crippen molar-refractivity contribution in [2.75, 3.05) is 73.3 Å². The Morgan fingerprint density at radius 3 is 1.90 bits per heavy atom. The number of morpholine rings is 3. The molecule has 4 unspecified atom stereocenters. The highest BCUT2D eigenvalue weighted by Crippen LogP contribution is 2.23. The summed E-state index contributed by atoms with van der Waals surface area (Å²) in [6, 6.07) is 0. The van der Waals surface area contributed by atoms with Crippen molar-refractivity contribution in [1.29, 1.82) is 0 Å². The molecule has 4 atom stereocenters. The van der Waals surface area contributed by atoms with Gasteiger partial charge in [0.2, 0.25) is 0 Å². The summed E-state index contributed by atoms with van der Waals surface area (Å²) in [4.78, 5) is 0. The molecule has 30 heavy (non-hydrogen) atoms. The Morgan fingerprint density at radius 2 is 1.57 bits per heavy atom. The van der Waals surface area contributed by atoms with Gasteiger partial charge in [-0.15, -0.1) is 0 Å². The summed E-state index contributed by atoms with van der Waals surface area (Å²) in [7, 11) is 3.43. The summed E-state index contributed by atoms with van der Waals surface area (Å²) in [6.45, 7) is 16.5. The predicted octanol–water partition coefficient (Wildman–Crippen LogP) is 1.53. The molecule has 0 spiro atoms. The van der Waals surface area contributed by atoms with Crippen molar-refractivity contribution in [3.8, 4) is 0 Å². The van der Waals surface area contributed by atoms with E-state index in [1.807, 2.05) is 0 Å². The number of hydrogen-bond donors (Lipinski definition) is 3. The van der Waals surface area contributed by atoms with Crippen LogP contribution in [-0.2, 0) is 23.7 Å². The standard InChI is InChI=1S/C9H19NO2.C7H15NO2.C6H13NO/c1-4-9(8(2)11-3)7-10-5-6-12-9;1-3-7(9-2)6-8-4-5-10-7;1-2-6-5-7-3-4-8-6/h8,10H,4-7H2,1-3H3;8H,3-6H2,1-2H3;6-7H,2-5H2,1H3. The van der Waals surface area contributed by atoms with Crippen LogP contribution >= 0.6 is 0 Å². The molecule has 3 N–H and O–H groups in total. The van der Waals surface area contributed by atoms with Gasteiger partial charge in [0.25, 0.3) is 0 Å². The lowest BCUT2D eigenvalue weighted by molar-refractivity contribution is -0.233. The van der Waals surface area contributed by atoms with Gasteiger partial charge in [0, 0.05) is 53.5 Å². The first kappa shape index (κ1) is 27.7. The zero-order valence-electron chi connectivity index (χ0n) is 20.2. The fourth-order valence-corrected chi connectivity index (χ4v) is 3.69. The van der Waals surface area contributed by atoms with Gasteiger partial charge >= 0.3 is 0 Å². The Balaban J connectivity index is 0.000000230. The van der Waals surface area contributed by atoms with E-state index in [0.29, 0.717) is 6.10 Å². The molecule has 8 heteroatoms. The van der Waals surface area contributed by atoms with Gasteiger partial charge < -0.3 is 39.6 Å². The second-order valence-corrected chi connectivity index (χ2v) is 7.92. The van der Waals surface area contributed by atoms with Crippen LogP contribution in [-0.4, -0.2) is 96.9 Å². The molecule has 0 saturated carbocycles. The Kier molecular flexibility index (Phi) is 14.3. The Hall–Kier alpha value is -0.320. The van der Waals surface area contributed by atoms with Gasteiger partial charge in [-0.1, -0.05) is 20.8 Å². The molecule has 0 amide bonds. The highest BCUT2D eigenvalue weighted by Gasteiger charge is 2.37. The fourth-order valence-electron chi connectivity index (χ4n) is 3.69. The molecule has 3 fully saturated rings. The third kappa shape index (κ3) is 9.04. The molecule has 0 aromatic carbocycles. The van der Waals surface area contributed by atoms with Crippen LogP contribution in [0.1, 0.15) is 47.0 Å². The van der Waals surface area contributed by atoms with Crippen molar-refractivity contribution in [3.63, 3.8) is 0 Å². The van der Waals surface area contributed by atoms with Gasteiger partial charge in [0.15, 0.2) is 5.79 Å². The van der Waals surface area contributed by atoms with Crippen molar-refractivity contribution >= 4 is 0 Å². The van der Waals surface area contributed by atoms with E-state index in [9.17, 15) is 0 Å². The first-order chi connectivity index (χ1) is 14.5. The quantitative estimate of drug-likeness (QED) is 0.582. The van der Waals surface area contributed by atoms with Crippen LogP contribution in [0.15, 0.2) is 0 Å². The summed E-state index contributed by atoms with van der Waals surface area (Å²) in [5.74, 6) is -0.349. The lowest BCUT2D eigenvalue weighted by Gasteiger charge is -2.40. The van der Waals surface area contributed by atoms with Crippen molar-refractivity contribution in [3.05, 3.63) is 0 Å². The largest absolute Gasteiger partial charge is 0.379 e. The van der Waals surface area contributed by atoms with Crippen LogP contribution in [0.3, 0.4) is 0 Å². The fraction of sp³-hybridized carbons (Fsp3) is 1.00. The number of nitrogens with one attached hydrogen (secondary N) is 3. The van der Waals surface area contributed by atoms with Crippen LogP contribution in [0.5, 0.6) is 0 Å². The minimum absolute atomic E-state index is 0.104. The Bertz CT molecular complexity index is 404. The highest BCUT2D eigenvalue weighted by molar-refractivity contribution is 4.90. The van der Waals surface area contributed by atoms with Gasteiger partial charge in [0.05, 0.1) is 32.0 Å². The summed E-state index contributed by atoms with van der Waals surface area (Å²) in [6.07, 6.45) is 3.66. The number of ether oxygens (including phenoxy) is 5. The monoisotopic (exact) mass is 433 g/mol. The van der Waals surface area contributed by atoms with Crippen LogP contribution < -0.4 is 16.0 Å². The number of hydrogen-bond acceptors (Lipinski definition) is 8. The van der Waals surface area contributed by atoms with Crippen molar-refractivity contribution in [1.82, 2.24) is 16.0 Å². The Morgan fingerprint density at radius 1 is 0.900 bits per heavy atom. The third-order valence-electron chi connectivity index (χ3n) is 6.19. The minimum Gasteiger partial charge on any atom is -0.379 e. The summed E-state index contributed by atoms with van der Waals surface area (Å²) < 4.78 is 27.2. The Labute approximate surface area is 184 Å². The first-order valence-electron chi connectivity index (χ1n) is 11.6. The molecule has 0 bridgehead atoms. The van der Waals surface area contributed by atoms with Gasteiger partial charge in [0.1, 0.15) is 5.60 Å². The van der Waals surface area contributed by atoms with Gasteiger partial charge in [-0.25, -0.2) is 0 Å². The summed E-state index contributed by atoms with van der Waals surface area (Å²) >= 11 is 0. The van der Waals surface area contributed by atoms with Crippen molar-refractivity contribution in [2.45, 2.75) is 70.6 Å². The molecular weight excluding hydrogens is 386 g/mol. The normalized spacial score (nSPS) is 32.8. The average Bonchev–Trinajstić information content (AvgIpc) is 2.85. The summed E-state index contributed by atoms with van der Waals surface area (Å²) in [5.41, 5.74) is -0.104.